The molecule has 17 heavy (non-hydrogen) atoms. The Labute approximate surface area is 105 Å². The van der Waals surface area contributed by atoms with Gasteiger partial charge in [0.25, 0.3) is 0 Å². The second-order valence-electron chi connectivity index (χ2n) is 3.53. The Bertz CT molecular complexity index is 427. The van der Waals surface area contributed by atoms with Gasteiger partial charge >= 0.3 is 0 Å². The van der Waals surface area contributed by atoms with E-state index in [0.717, 1.165) is 24.2 Å². The van der Waals surface area contributed by atoms with Crippen LogP contribution in [0.5, 0.6) is 0 Å². The molecule has 0 aliphatic carbocycles. The van der Waals surface area contributed by atoms with Crippen LogP contribution in [0.1, 0.15) is 18.4 Å². The number of aliphatic hydroxyl groups is 1. The van der Waals surface area contributed by atoms with E-state index in [1.807, 2.05) is 0 Å². The van der Waals surface area contributed by atoms with Crippen LogP contribution in [0.15, 0.2) is 15.7 Å². The summed E-state index contributed by atoms with van der Waals surface area (Å²) in [4.78, 5) is 0. The predicted octanol–water partition coefficient (Wildman–Crippen LogP) is 0.945. The number of aliphatic hydroxyl groups excluding tert-OH is 1. The number of hydrogen-bond acceptors (Lipinski definition) is 5. The van der Waals surface area contributed by atoms with Crippen LogP contribution < -0.4 is 4.72 Å². The van der Waals surface area contributed by atoms with Crippen molar-refractivity contribution in [2.75, 3.05) is 20.3 Å². The van der Waals surface area contributed by atoms with Gasteiger partial charge in [-0.05, 0) is 29.9 Å². The highest BCUT2D eigenvalue weighted by Crippen LogP contribution is 2.19. The minimum Gasteiger partial charge on any atom is -0.392 e. The second kappa shape index (κ2) is 7.07. The van der Waals surface area contributed by atoms with Crippen LogP contribution in [0.25, 0.3) is 0 Å². The first-order chi connectivity index (χ1) is 8.10. The van der Waals surface area contributed by atoms with Crippen LogP contribution in [0, 0.1) is 0 Å². The van der Waals surface area contributed by atoms with Crippen molar-refractivity contribution in [2.45, 2.75) is 23.7 Å². The molecule has 1 aromatic heterocycles. The number of unbranched alkanes of at least 4 members (excludes halogenated alkanes) is 1. The lowest BCUT2D eigenvalue weighted by Crippen LogP contribution is -2.24. The average Bonchev–Trinajstić information content (AvgIpc) is 2.78. The third-order valence-electron chi connectivity index (χ3n) is 2.14. The highest BCUT2D eigenvalue weighted by atomic mass is 32.2. The molecule has 0 aliphatic rings. The molecule has 0 atom stereocenters. The van der Waals surface area contributed by atoms with Crippen LogP contribution in [0.3, 0.4) is 0 Å². The Kier molecular flexibility index (Phi) is 6.07. The molecule has 0 saturated heterocycles. The Balaban J connectivity index is 2.45. The van der Waals surface area contributed by atoms with Gasteiger partial charge in [-0.3, -0.25) is 0 Å². The van der Waals surface area contributed by atoms with Crippen LogP contribution >= 0.6 is 11.3 Å². The maximum Gasteiger partial charge on any atom is 0.250 e. The molecule has 7 heteroatoms. The summed E-state index contributed by atoms with van der Waals surface area (Å²) in [6.07, 6.45) is 1.57. The van der Waals surface area contributed by atoms with E-state index in [4.69, 9.17) is 9.84 Å². The number of hydrogen-bond donors (Lipinski definition) is 2. The SMILES string of the molecule is COCCCCNS(=O)(=O)c1cc(CO)cs1. The molecule has 1 aromatic rings. The zero-order valence-corrected chi connectivity index (χ0v) is 11.3. The number of ether oxygens (including phenoxy) is 1. The molecule has 0 spiro atoms. The molecule has 2 N–H and O–H groups in total. The summed E-state index contributed by atoms with van der Waals surface area (Å²) in [5.74, 6) is 0. The monoisotopic (exact) mass is 279 g/mol. The van der Waals surface area contributed by atoms with Crippen molar-refractivity contribution in [3.63, 3.8) is 0 Å². The molecule has 0 saturated carbocycles. The van der Waals surface area contributed by atoms with Crippen molar-refractivity contribution in [2.24, 2.45) is 0 Å². The fraction of sp³-hybridized carbons (Fsp3) is 0.600. The summed E-state index contributed by atoms with van der Waals surface area (Å²) < 4.78 is 31.2. The zero-order valence-electron chi connectivity index (χ0n) is 9.68. The van der Waals surface area contributed by atoms with Gasteiger partial charge in [-0.2, -0.15) is 0 Å². The molecule has 1 rings (SSSR count). The molecular formula is C10H17NO4S2. The average molecular weight is 279 g/mol. The fourth-order valence-corrected chi connectivity index (χ4v) is 3.55. The maximum atomic E-state index is 11.8. The highest BCUT2D eigenvalue weighted by Gasteiger charge is 2.15. The molecule has 5 nitrogen and oxygen atoms in total. The van der Waals surface area contributed by atoms with Gasteiger partial charge in [0.05, 0.1) is 6.61 Å². The summed E-state index contributed by atoms with van der Waals surface area (Å²) in [5, 5.41) is 10.5. The Hall–Kier alpha value is -0.470. The first-order valence-corrected chi connectivity index (χ1v) is 7.63. The van der Waals surface area contributed by atoms with E-state index in [1.165, 1.54) is 6.07 Å². The Morgan fingerprint density at radius 2 is 2.24 bits per heavy atom. The van der Waals surface area contributed by atoms with Gasteiger partial charge in [0, 0.05) is 20.3 Å². The van der Waals surface area contributed by atoms with Crippen LogP contribution in [-0.2, 0) is 21.4 Å². The maximum absolute atomic E-state index is 11.8. The number of nitrogens with one attached hydrogen (secondary N) is 1. The van der Waals surface area contributed by atoms with E-state index in [9.17, 15) is 8.42 Å². The topological polar surface area (TPSA) is 75.6 Å². The number of methoxy groups -OCH3 is 1. The molecule has 0 aromatic carbocycles. The number of thiophene rings is 1. The minimum atomic E-state index is -3.42. The normalized spacial score (nSPS) is 11.9. The van der Waals surface area contributed by atoms with Crippen LogP contribution in [-0.4, -0.2) is 33.8 Å². The third-order valence-corrected chi connectivity index (χ3v) is 5.09. The van der Waals surface area contributed by atoms with Crippen molar-refractivity contribution in [3.8, 4) is 0 Å². The first kappa shape index (κ1) is 14.6. The van der Waals surface area contributed by atoms with E-state index >= 15 is 0 Å². The number of sulfonamides is 1. The van der Waals surface area contributed by atoms with Gasteiger partial charge in [0.1, 0.15) is 4.21 Å². The van der Waals surface area contributed by atoms with Gasteiger partial charge in [-0.1, -0.05) is 0 Å². The van der Waals surface area contributed by atoms with Crippen molar-refractivity contribution in [1.29, 1.82) is 0 Å². The summed E-state index contributed by atoms with van der Waals surface area (Å²) in [6.45, 7) is 0.896. The first-order valence-electron chi connectivity index (χ1n) is 5.27. The molecule has 0 unspecified atom stereocenters. The second-order valence-corrected chi connectivity index (χ2v) is 6.43. The lowest BCUT2D eigenvalue weighted by atomic mass is 10.3. The van der Waals surface area contributed by atoms with Crippen molar-refractivity contribution in [3.05, 3.63) is 17.0 Å². The van der Waals surface area contributed by atoms with E-state index < -0.39 is 10.0 Å². The van der Waals surface area contributed by atoms with E-state index in [1.54, 1.807) is 12.5 Å². The largest absolute Gasteiger partial charge is 0.392 e. The van der Waals surface area contributed by atoms with Gasteiger partial charge in [-0.15, -0.1) is 11.3 Å². The Morgan fingerprint density at radius 3 is 2.82 bits per heavy atom. The van der Waals surface area contributed by atoms with Crippen molar-refractivity contribution >= 4 is 21.4 Å². The van der Waals surface area contributed by atoms with Crippen LogP contribution in [0.2, 0.25) is 0 Å². The lowest BCUT2D eigenvalue weighted by Gasteiger charge is -2.04. The lowest BCUT2D eigenvalue weighted by molar-refractivity contribution is 0.193. The quantitative estimate of drug-likeness (QED) is 0.695. The van der Waals surface area contributed by atoms with Gasteiger partial charge < -0.3 is 9.84 Å². The van der Waals surface area contributed by atoms with Crippen molar-refractivity contribution < 1.29 is 18.3 Å². The Morgan fingerprint density at radius 1 is 1.47 bits per heavy atom. The standard InChI is InChI=1S/C10H17NO4S2/c1-15-5-3-2-4-11-17(13,14)10-6-9(7-12)8-16-10/h6,8,11-12H,2-5,7H2,1H3. The number of rotatable bonds is 8. The van der Waals surface area contributed by atoms with Crippen molar-refractivity contribution in [1.82, 2.24) is 4.72 Å². The summed E-state index contributed by atoms with van der Waals surface area (Å²) in [6, 6.07) is 1.49. The third kappa shape index (κ3) is 4.72. The van der Waals surface area contributed by atoms with Gasteiger partial charge in [0.2, 0.25) is 10.0 Å². The smallest absolute Gasteiger partial charge is 0.250 e. The zero-order chi connectivity index (χ0) is 12.7. The molecular weight excluding hydrogens is 262 g/mol. The molecule has 0 aliphatic heterocycles. The summed E-state index contributed by atoms with van der Waals surface area (Å²) in [5.41, 5.74) is 0.620. The van der Waals surface area contributed by atoms with Gasteiger partial charge in [0.15, 0.2) is 0 Å². The van der Waals surface area contributed by atoms with E-state index in [2.05, 4.69) is 4.72 Å². The predicted molar refractivity (Wildman–Crippen MR) is 66.5 cm³/mol. The molecule has 98 valence electrons. The fourth-order valence-electron chi connectivity index (χ4n) is 1.23. The van der Waals surface area contributed by atoms with E-state index in [0.29, 0.717) is 18.7 Å². The molecule has 0 amide bonds. The molecule has 0 radical (unpaired) electrons. The minimum absolute atomic E-state index is 0.139. The molecule has 0 bridgehead atoms. The van der Waals surface area contributed by atoms with Gasteiger partial charge in [-0.25, -0.2) is 13.1 Å². The molecule has 1 heterocycles. The summed E-state index contributed by atoms with van der Waals surface area (Å²) in [7, 11) is -1.80. The highest BCUT2D eigenvalue weighted by molar-refractivity contribution is 7.91. The molecule has 0 fully saturated rings. The van der Waals surface area contributed by atoms with E-state index in [-0.39, 0.29) is 10.8 Å². The van der Waals surface area contributed by atoms with Crippen LogP contribution in [0.4, 0.5) is 0 Å². The summed E-state index contributed by atoms with van der Waals surface area (Å²) >= 11 is 1.11.